The van der Waals surface area contributed by atoms with Crippen LogP contribution in [-0.2, 0) is 17.8 Å². The highest BCUT2D eigenvalue weighted by Crippen LogP contribution is 2.29. The highest BCUT2D eigenvalue weighted by Gasteiger charge is 2.26. The van der Waals surface area contributed by atoms with Gasteiger partial charge in [-0.05, 0) is 36.8 Å². The van der Waals surface area contributed by atoms with Crippen molar-refractivity contribution in [3.63, 3.8) is 0 Å². The Hall–Kier alpha value is -1.86. The first kappa shape index (κ1) is 22.8. The maximum atomic E-state index is 12.7. The van der Waals surface area contributed by atoms with E-state index in [0.717, 1.165) is 56.1 Å². The van der Waals surface area contributed by atoms with Crippen LogP contribution in [0, 0.1) is 0 Å². The maximum absolute atomic E-state index is 12.7. The SMILES string of the molecule is CCCCn1c(SCC(=O)N[C@@H]2CCCc3ccccc32)nnc1[C@H](CC)[NH+](C)C. The van der Waals surface area contributed by atoms with Gasteiger partial charge in [0, 0.05) is 13.0 Å². The number of carbonyl (C=O) groups excluding carboxylic acids is 1. The normalized spacial score (nSPS) is 17.0. The molecule has 1 aliphatic rings. The number of benzene rings is 1. The minimum absolute atomic E-state index is 0.0681. The number of rotatable bonds is 10. The fourth-order valence-electron chi connectivity index (χ4n) is 4.31. The fraction of sp³-hybridized carbons (Fsp3) is 0.609. The molecule has 0 saturated heterocycles. The van der Waals surface area contributed by atoms with Crippen LogP contribution in [0.25, 0.3) is 0 Å². The Kier molecular flexibility index (Phi) is 8.33. The number of hydrogen-bond donors (Lipinski definition) is 2. The van der Waals surface area contributed by atoms with Gasteiger partial charge in [0.15, 0.2) is 11.0 Å². The van der Waals surface area contributed by atoms with E-state index in [1.54, 1.807) is 0 Å². The zero-order chi connectivity index (χ0) is 21.5. The Balaban J connectivity index is 1.66. The van der Waals surface area contributed by atoms with E-state index in [1.165, 1.54) is 27.8 Å². The molecule has 0 bridgehead atoms. The van der Waals surface area contributed by atoms with E-state index >= 15 is 0 Å². The van der Waals surface area contributed by atoms with Gasteiger partial charge in [0.2, 0.25) is 5.91 Å². The number of unbranched alkanes of at least 4 members (excludes halogenated alkanes) is 1. The fourth-order valence-corrected chi connectivity index (χ4v) is 5.09. The van der Waals surface area contributed by atoms with Crippen LogP contribution < -0.4 is 10.2 Å². The zero-order valence-corrected chi connectivity index (χ0v) is 19.6. The third-order valence-corrected chi connectivity index (χ3v) is 6.90. The number of carbonyl (C=O) groups is 1. The largest absolute Gasteiger partial charge is 0.349 e. The van der Waals surface area contributed by atoms with Crippen molar-refractivity contribution in [1.82, 2.24) is 20.1 Å². The summed E-state index contributed by atoms with van der Waals surface area (Å²) in [7, 11) is 4.32. The van der Waals surface area contributed by atoms with E-state index in [0.29, 0.717) is 11.8 Å². The average molecular weight is 431 g/mol. The van der Waals surface area contributed by atoms with Gasteiger partial charge in [-0.2, -0.15) is 0 Å². The second-order valence-corrected chi connectivity index (χ2v) is 9.33. The number of nitrogens with zero attached hydrogens (tertiary/aromatic N) is 3. The van der Waals surface area contributed by atoms with Crippen LogP contribution in [0.15, 0.2) is 29.4 Å². The van der Waals surface area contributed by atoms with E-state index < -0.39 is 0 Å². The standard InChI is InChI=1S/C23H35N5OS/c1-5-7-15-28-22(20(6-2)27(3)4)25-26-23(28)30-16-21(29)24-19-14-10-12-17-11-8-9-13-18(17)19/h8-9,11,13,19-20H,5-7,10,12,14-16H2,1-4H3,(H,24,29)/p+1/t19-,20+/m1/s1. The first-order chi connectivity index (χ1) is 14.5. The Morgan fingerprint density at radius 1 is 1.30 bits per heavy atom. The number of aryl methyl sites for hydroxylation is 1. The summed E-state index contributed by atoms with van der Waals surface area (Å²) in [6, 6.07) is 8.91. The van der Waals surface area contributed by atoms with Crippen molar-refractivity contribution in [3.8, 4) is 0 Å². The molecule has 3 rings (SSSR count). The predicted octanol–water partition coefficient (Wildman–Crippen LogP) is 2.96. The summed E-state index contributed by atoms with van der Waals surface area (Å²) in [5, 5.41) is 13.1. The summed E-state index contributed by atoms with van der Waals surface area (Å²) in [6.45, 7) is 5.29. The molecule has 2 N–H and O–H groups in total. The lowest BCUT2D eigenvalue weighted by atomic mass is 9.88. The van der Waals surface area contributed by atoms with Crippen molar-refractivity contribution < 1.29 is 9.69 Å². The van der Waals surface area contributed by atoms with Crippen LogP contribution in [-0.4, -0.2) is 40.5 Å². The zero-order valence-electron chi connectivity index (χ0n) is 18.8. The molecule has 2 atom stereocenters. The second kappa shape index (κ2) is 11.0. The smallest absolute Gasteiger partial charge is 0.230 e. The summed E-state index contributed by atoms with van der Waals surface area (Å²) in [5.74, 6) is 1.47. The molecule has 7 heteroatoms. The molecule has 1 heterocycles. The van der Waals surface area contributed by atoms with Crippen LogP contribution >= 0.6 is 11.8 Å². The van der Waals surface area contributed by atoms with Crippen molar-refractivity contribution >= 4 is 17.7 Å². The molecule has 30 heavy (non-hydrogen) atoms. The van der Waals surface area contributed by atoms with Gasteiger partial charge in [-0.3, -0.25) is 4.79 Å². The predicted molar refractivity (Wildman–Crippen MR) is 122 cm³/mol. The van der Waals surface area contributed by atoms with Gasteiger partial charge >= 0.3 is 0 Å². The maximum Gasteiger partial charge on any atom is 0.230 e. The van der Waals surface area contributed by atoms with E-state index in [9.17, 15) is 4.79 Å². The molecule has 0 fully saturated rings. The van der Waals surface area contributed by atoms with E-state index in [-0.39, 0.29) is 11.9 Å². The number of quaternary nitrogens is 1. The molecule has 1 aliphatic carbocycles. The Labute approximate surface area is 184 Å². The summed E-state index contributed by atoms with van der Waals surface area (Å²) in [5.41, 5.74) is 2.64. The molecule has 1 amide bonds. The number of aromatic nitrogens is 3. The van der Waals surface area contributed by atoms with Gasteiger partial charge in [-0.1, -0.05) is 56.3 Å². The van der Waals surface area contributed by atoms with Gasteiger partial charge < -0.3 is 14.8 Å². The van der Waals surface area contributed by atoms with E-state index in [1.807, 2.05) is 0 Å². The number of amides is 1. The van der Waals surface area contributed by atoms with E-state index in [4.69, 9.17) is 0 Å². The average Bonchev–Trinajstić information content (AvgIpc) is 3.13. The van der Waals surface area contributed by atoms with Crippen LogP contribution in [0.1, 0.15) is 75.0 Å². The number of nitrogens with one attached hydrogen (secondary N) is 2. The lowest BCUT2D eigenvalue weighted by molar-refractivity contribution is -0.893. The Bertz CT molecular complexity index is 835. The summed E-state index contributed by atoms with van der Waals surface area (Å²) >= 11 is 1.50. The minimum atomic E-state index is 0.0681. The van der Waals surface area contributed by atoms with Crippen molar-refractivity contribution in [3.05, 3.63) is 41.2 Å². The molecular weight excluding hydrogens is 394 g/mol. The highest BCUT2D eigenvalue weighted by atomic mass is 32.2. The summed E-state index contributed by atoms with van der Waals surface area (Å²) < 4.78 is 2.23. The lowest BCUT2D eigenvalue weighted by Crippen LogP contribution is -3.06. The van der Waals surface area contributed by atoms with Crippen molar-refractivity contribution in [1.29, 1.82) is 0 Å². The number of hydrogen-bond acceptors (Lipinski definition) is 4. The molecule has 6 nitrogen and oxygen atoms in total. The molecular formula is C23H36N5OS+. The van der Waals surface area contributed by atoms with Gasteiger partial charge in [0.05, 0.1) is 25.9 Å². The topological polar surface area (TPSA) is 64.2 Å². The molecule has 1 aromatic heterocycles. The molecule has 2 aromatic rings. The van der Waals surface area contributed by atoms with Crippen LogP contribution in [0.3, 0.4) is 0 Å². The molecule has 0 unspecified atom stereocenters. The molecule has 0 aliphatic heterocycles. The quantitative estimate of drug-likeness (QED) is 0.569. The van der Waals surface area contributed by atoms with Gasteiger partial charge in [-0.25, -0.2) is 0 Å². The minimum Gasteiger partial charge on any atom is -0.349 e. The Morgan fingerprint density at radius 2 is 2.10 bits per heavy atom. The van der Waals surface area contributed by atoms with Crippen LogP contribution in [0.5, 0.6) is 0 Å². The van der Waals surface area contributed by atoms with E-state index in [2.05, 4.69) is 72.3 Å². The molecule has 0 saturated carbocycles. The van der Waals surface area contributed by atoms with Gasteiger partial charge in [-0.15, -0.1) is 10.2 Å². The second-order valence-electron chi connectivity index (χ2n) is 8.38. The van der Waals surface area contributed by atoms with Gasteiger partial charge in [0.25, 0.3) is 0 Å². The van der Waals surface area contributed by atoms with Crippen molar-refractivity contribution in [2.75, 3.05) is 19.8 Å². The third kappa shape index (κ3) is 5.43. The highest BCUT2D eigenvalue weighted by molar-refractivity contribution is 7.99. The first-order valence-electron chi connectivity index (χ1n) is 11.3. The first-order valence-corrected chi connectivity index (χ1v) is 12.3. The molecule has 164 valence electrons. The van der Waals surface area contributed by atoms with Crippen LogP contribution in [0.2, 0.25) is 0 Å². The third-order valence-electron chi connectivity index (χ3n) is 5.93. The monoisotopic (exact) mass is 430 g/mol. The lowest BCUT2D eigenvalue weighted by Gasteiger charge is -2.26. The molecule has 1 aromatic carbocycles. The number of thioether (sulfide) groups is 1. The summed E-state index contributed by atoms with van der Waals surface area (Å²) in [6.07, 6.45) is 6.45. The number of fused-ring (bicyclic) bond motifs is 1. The van der Waals surface area contributed by atoms with Crippen molar-refractivity contribution in [2.24, 2.45) is 0 Å². The Morgan fingerprint density at radius 3 is 2.83 bits per heavy atom. The van der Waals surface area contributed by atoms with Crippen LogP contribution in [0.4, 0.5) is 0 Å². The molecule has 0 radical (unpaired) electrons. The summed E-state index contributed by atoms with van der Waals surface area (Å²) in [4.78, 5) is 14.1. The van der Waals surface area contributed by atoms with Gasteiger partial charge in [0.1, 0.15) is 6.04 Å². The molecule has 0 spiro atoms. The van der Waals surface area contributed by atoms with Crippen molar-refractivity contribution in [2.45, 2.75) is 76.2 Å².